The molecule has 2 aromatic carbocycles. The van der Waals surface area contributed by atoms with Gasteiger partial charge in [-0.15, -0.1) is 0 Å². The highest BCUT2D eigenvalue weighted by molar-refractivity contribution is 6.31. The lowest BCUT2D eigenvalue weighted by Gasteiger charge is -2.32. The number of likely N-dealkylation sites (tertiary alicyclic amines) is 1. The first-order chi connectivity index (χ1) is 15.0. The number of anilines is 1. The number of piperidine rings is 1. The van der Waals surface area contributed by atoms with Crippen molar-refractivity contribution in [1.82, 2.24) is 19.2 Å². The first-order valence-corrected chi connectivity index (χ1v) is 10.5. The molecule has 0 spiro atoms. The number of benzene rings is 2. The van der Waals surface area contributed by atoms with E-state index in [0.717, 1.165) is 18.5 Å². The number of halogens is 1. The summed E-state index contributed by atoms with van der Waals surface area (Å²) in [5.41, 5.74) is 1.08. The maximum atomic E-state index is 13.0. The molecular weight excluding hydrogens is 418 g/mol. The molecule has 3 aromatic rings. The Morgan fingerprint density at radius 2 is 2.00 bits per heavy atom. The second-order valence-electron chi connectivity index (χ2n) is 7.50. The monoisotopic (exact) mass is 441 g/mol. The van der Waals surface area contributed by atoms with Crippen LogP contribution < -0.4 is 15.7 Å². The van der Waals surface area contributed by atoms with Gasteiger partial charge in [-0.1, -0.05) is 29.8 Å². The molecule has 1 saturated heterocycles. The van der Waals surface area contributed by atoms with Gasteiger partial charge >= 0.3 is 11.7 Å². The molecule has 8 nitrogen and oxygen atoms in total. The van der Waals surface area contributed by atoms with Crippen molar-refractivity contribution in [3.05, 3.63) is 69.9 Å². The van der Waals surface area contributed by atoms with E-state index in [1.807, 2.05) is 30.3 Å². The molecule has 162 valence electrons. The van der Waals surface area contributed by atoms with Crippen molar-refractivity contribution in [1.29, 1.82) is 0 Å². The van der Waals surface area contributed by atoms with Gasteiger partial charge in [0.2, 0.25) is 0 Å². The molecule has 4 rings (SSSR count). The summed E-state index contributed by atoms with van der Waals surface area (Å²) in [6.45, 7) is 1.08. The van der Waals surface area contributed by atoms with E-state index in [1.54, 1.807) is 41.8 Å². The summed E-state index contributed by atoms with van der Waals surface area (Å²) in [7, 11) is 3.18. The van der Waals surface area contributed by atoms with E-state index in [2.05, 4.69) is 10.4 Å². The number of para-hydroxylation sites is 1. The van der Waals surface area contributed by atoms with Gasteiger partial charge < -0.3 is 15.0 Å². The molecule has 0 saturated carbocycles. The average molecular weight is 442 g/mol. The van der Waals surface area contributed by atoms with E-state index in [1.165, 1.54) is 4.68 Å². The molecule has 0 bridgehead atoms. The molecule has 1 fully saturated rings. The fourth-order valence-corrected chi connectivity index (χ4v) is 4.08. The number of ether oxygens (including phenoxy) is 1. The summed E-state index contributed by atoms with van der Waals surface area (Å²) >= 11 is 6.08. The van der Waals surface area contributed by atoms with Crippen LogP contribution in [-0.4, -0.2) is 45.5 Å². The van der Waals surface area contributed by atoms with E-state index in [0.29, 0.717) is 35.4 Å². The zero-order valence-corrected chi connectivity index (χ0v) is 18.2. The van der Waals surface area contributed by atoms with Crippen molar-refractivity contribution in [3.8, 4) is 11.4 Å². The third-order valence-corrected chi connectivity index (χ3v) is 5.68. The Hall–Kier alpha value is -3.26. The Kier molecular flexibility index (Phi) is 5.99. The van der Waals surface area contributed by atoms with Gasteiger partial charge in [0.05, 0.1) is 18.5 Å². The van der Waals surface area contributed by atoms with Crippen LogP contribution in [0, 0.1) is 0 Å². The minimum Gasteiger partial charge on any atom is -0.495 e. The molecule has 2 amide bonds. The molecule has 1 aliphatic heterocycles. The number of aromatic nitrogens is 3. The number of nitrogens with one attached hydrogen (secondary N) is 1. The van der Waals surface area contributed by atoms with Gasteiger partial charge in [-0.25, -0.2) is 18.8 Å². The van der Waals surface area contributed by atoms with Crippen molar-refractivity contribution < 1.29 is 9.53 Å². The lowest BCUT2D eigenvalue weighted by Crippen LogP contribution is -2.42. The summed E-state index contributed by atoms with van der Waals surface area (Å²) in [6.07, 6.45) is 1.65. The number of nitrogens with zero attached hydrogens (tertiary/aromatic N) is 4. The highest BCUT2D eigenvalue weighted by Gasteiger charge is 2.30. The van der Waals surface area contributed by atoms with Crippen molar-refractivity contribution >= 4 is 23.3 Å². The molecule has 1 aliphatic rings. The number of rotatable bonds is 4. The van der Waals surface area contributed by atoms with E-state index in [9.17, 15) is 9.59 Å². The third kappa shape index (κ3) is 4.29. The topological polar surface area (TPSA) is 81.4 Å². The second-order valence-corrected chi connectivity index (χ2v) is 7.93. The molecule has 1 aromatic heterocycles. The van der Waals surface area contributed by atoms with Crippen LogP contribution >= 0.6 is 11.6 Å². The highest BCUT2D eigenvalue weighted by atomic mass is 35.5. The van der Waals surface area contributed by atoms with Gasteiger partial charge in [0.1, 0.15) is 11.6 Å². The van der Waals surface area contributed by atoms with Crippen molar-refractivity contribution in [2.24, 2.45) is 7.05 Å². The smallest absolute Gasteiger partial charge is 0.350 e. The normalized spacial score (nSPS) is 16.2. The van der Waals surface area contributed by atoms with Gasteiger partial charge in [-0.05, 0) is 43.2 Å². The molecule has 9 heteroatoms. The van der Waals surface area contributed by atoms with E-state index < -0.39 is 0 Å². The van der Waals surface area contributed by atoms with Crippen molar-refractivity contribution in [2.45, 2.75) is 18.8 Å². The molecule has 31 heavy (non-hydrogen) atoms. The quantitative estimate of drug-likeness (QED) is 0.670. The standard InChI is InChI=1S/C22H24ClN5O3/c1-26-22(30)28(17-8-4-3-5-9-17)20(25-26)15-7-6-12-27(14-15)21(29)24-18-13-16(23)10-11-19(18)31-2/h3-5,8-11,13,15H,6-7,12,14H2,1-2H3,(H,24,29)/t15-/m1/s1. The number of amides is 2. The van der Waals surface area contributed by atoms with Crippen LogP contribution in [0.1, 0.15) is 24.6 Å². The molecule has 1 N–H and O–H groups in total. The Balaban J connectivity index is 1.58. The van der Waals surface area contributed by atoms with Crippen LogP contribution in [0.25, 0.3) is 5.69 Å². The number of methoxy groups -OCH3 is 1. The number of hydrogen-bond donors (Lipinski definition) is 1. The zero-order chi connectivity index (χ0) is 22.0. The SMILES string of the molecule is COc1ccc(Cl)cc1NC(=O)N1CCC[C@@H](c2nn(C)c(=O)n2-c2ccccc2)C1. The maximum absolute atomic E-state index is 13.0. The average Bonchev–Trinajstić information content (AvgIpc) is 3.09. The largest absolute Gasteiger partial charge is 0.495 e. The predicted molar refractivity (Wildman–Crippen MR) is 119 cm³/mol. The number of hydrogen-bond acceptors (Lipinski definition) is 4. The Bertz CT molecular complexity index is 1140. The first kappa shape index (κ1) is 21.0. The Morgan fingerprint density at radius 3 is 2.74 bits per heavy atom. The van der Waals surface area contributed by atoms with E-state index in [4.69, 9.17) is 16.3 Å². The Labute approximate surface area is 185 Å². The van der Waals surface area contributed by atoms with Crippen LogP contribution in [-0.2, 0) is 7.05 Å². The van der Waals surface area contributed by atoms with Crippen molar-refractivity contribution in [2.75, 3.05) is 25.5 Å². The second kappa shape index (κ2) is 8.85. The molecule has 1 atom stereocenters. The zero-order valence-electron chi connectivity index (χ0n) is 17.4. The fraction of sp³-hybridized carbons (Fsp3) is 0.318. The number of urea groups is 1. The summed E-state index contributed by atoms with van der Waals surface area (Å²) in [5.74, 6) is 1.14. The predicted octanol–water partition coefficient (Wildman–Crippen LogP) is 3.64. The van der Waals surface area contributed by atoms with Crippen LogP contribution in [0.15, 0.2) is 53.3 Å². The van der Waals surface area contributed by atoms with Gasteiger partial charge in [0.15, 0.2) is 0 Å². The molecular formula is C22H24ClN5O3. The maximum Gasteiger partial charge on any atom is 0.350 e. The number of aryl methyl sites for hydroxylation is 1. The van der Waals surface area contributed by atoms with Gasteiger partial charge in [-0.2, -0.15) is 5.10 Å². The van der Waals surface area contributed by atoms with Crippen LogP contribution in [0.5, 0.6) is 5.75 Å². The summed E-state index contributed by atoms with van der Waals surface area (Å²) in [4.78, 5) is 27.4. The minimum atomic E-state index is -0.241. The fourth-order valence-electron chi connectivity index (χ4n) is 3.91. The summed E-state index contributed by atoms with van der Waals surface area (Å²) in [5, 5.41) is 7.90. The van der Waals surface area contributed by atoms with Crippen molar-refractivity contribution in [3.63, 3.8) is 0 Å². The third-order valence-electron chi connectivity index (χ3n) is 5.44. The molecule has 2 heterocycles. The van der Waals surface area contributed by atoms with Gasteiger partial charge in [0.25, 0.3) is 0 Å². The summed E-state index contributed by atoms with van der Waals surface area (Å²) < 4.78 is 8.29. The van der Waals surface area contributed by atoms with Gasteiger partial charge in [-0.3, -0.25) is 0 Å². The van der Waals surface area contributed by atoms with Crippen LogP contribution in [0.3, 0.4) is 0 Å². The molecule has 0 unspecified atom stereocenters. The van der Waals surface area contributed by atoms with Crippen LogP contribution in [0.2, 0.25) is 5.02 Å². The van der Waals surface area contributed by atoms with Crippen LogP contribution in [0.4, 0.5) is 10.5 Å². The molecule has 0 aliphatic carbocycles. The highest BCUT2D eigenvalue weighted by Crippen LogP contribution is 2.30. The van der Waals surface area contributed by atoms with E-state index in [-0.39, 0.29) is 17.6 Å². The van der Waals surface area contributed by atoms with E-state index >= 15 is 0 Å². The lowest BCUT2D eigenvalue weighted by molar-refractivity contribution is 0.191. The number of carbonyl (C=O) groups excluding carboxylic acids is 1. The lowest BCUT2D eigenvalue weighted by atomic mass is 9.97. The Morgan fingerprint density at radius 1 is 1.23 bits per heavy atom. The summed E-state index contributed by atoms with van der Waals surface area (Å²) in [6, 6.07) is 14.3. The first-order valence-electron chi connectivity index (χ1n) is 10.1. The minimum absolute atomic E-state index is 0.0603. The molecule has 0 radical (unpaired) electrons. The number of carbonyl (C=O) groups is 1. The van der Waals surface area contributed by atoms with Gasteiger partial charge in [0, 0.05) is 31.1 Å².